The summed E-state index contributed by atoms with van der Waals surface area (Å²) in [5, 5.41) is 3.10. The van der Waals surface area contributed by atoms with Crippen molar-refractivity contribution >= 4 is 15.7 Å². The SMILES string of the molecule is CCCc1ccc(C(NC(=O)c2cccc(CS(C)(=O)=O)c2)C(C)C)cc1. The third-order valence-corrected chi connectivity index (χ3v) is 5.31. The van der Waals surface area contributed by atoms with E-state index in [9.17, 15) is 13.2 Å². The molecular formula is C22H29NO3S. The van der Waals surface area contributed by atoms with Gasteiger partial charge >= 0.3 is 0 Å². The first-order chi connectivity index (χ1) is 12.7. The molecule has 0 radical (unpaired) electrons. The Morgan fingerprint density at radius 1 is 1.04 bits per heavy atom. The predicted octanol–water partition coefficient (Wildman–Crippen LogP) is 4.31. The van der Waals surface area contributed by atoms with Gasteiger partial charge in [0, 0.05) is 11.8 Å². The van der Waals surface area contributed by atoms with Crippen molar-refractivity contribution in [2.45, 2.75) is 45.4 Å². The zero-order valence-corrected chi connectivity index (χ0v) is 17.3. The van der Waals surface area contributed by atoms with E-state index in [1.54, 1.807) is 24.3 Å². The van der Waals surface area contributed by atoms with E-state index in [1.807, 2.05) is 0 Å². The average molecular weight is 388 g/mol. The molecule has 1 N–H and O–H groups in total. The molecule has 0 aliphatic carbocycles. The molecule has 2 aromatic rings. The Balaban J connectivity index is 2.18. The number of carbonyl (C=O) groups excluding carboxylic acids is 1. The number of rotatable bonds is 8. The molecule has 1 amide bonds. The molecule has 0 spiro atoms. The first-order valence-corrected chi connectivity index (χ1v) is 11.4. The molecule has 4 nitrogen and oxygen atoms in total. The molecule has 0 saturated carbocycles. The fourth-order valence-electron chi connectivity index (χ4n) is 3.14. The Bertz CT molecular complexity index is 871. The average Bonchev–Trinajstić information content (AvgIpc) is 2.59. The highest BCUT2D eigenvalue weighted by molar-refractivity contribution is 7.89. The summed E-state index contributed by atoms with van der Waals surface area (Å²) in [6.45, 7) is 6.30. The molecule has 27 heavy (non-hydrogen) atoms. The molecule has 0 bridgehead atoms. The molecule has 2 aromatic carbocycles. The zero-order valence-electron chi connectivity index (χ0n) is 16.5. The third kappa shape index (κ3) is 6.51. The van der Waals surface area contributed by atoms with Crippen LogP contribution in [0.15, 0.2) is 48.5 Å². The first kappa shape index (κ1) is 21.2. The molecule has 0 fully saturated rings. The van der Waals surface area contributed by atoms with Crippen LogP contribution in [0.4, 0.5) is 0 Å². The quantitative estimate of drug-likeness (QED) is 0.734. The van der Waals surface area contributed by atoms with E-state index in [4.69, 9.17) is 0 Å². The van der Waals surface area contributed by atoms with E-state index < -0.39 is 9.84 Å². The number of hydrogen-bond donors (Lipinski definition) is 1. The van der Waals surface area contributed by atoms with Crippen molar-refractivity contribution in [2.24, 2.45) is 5.92 Å². The fourth-order valence-corrected chi connectivity index (χ4v) is 3.93. The smallest absolute Gasteiger partial charge is 0.251 e. The summed E-state index contributed by atoms with van der Waals surface area (Å²) >= 11 is 0. The Morgan fingerprint density at radius 3 is 2.26 bits per heavy atom. The third-order valence-electron chi connectivity index (χ3n) is 4.45. The Labute approximate surface area is 162 Å². The second-order valence-electron chi connectivity index (χ2n) is 7.46. The minimum Gasteiger partial charge on any atom is -0.345 e. The van der Waals surface area contributed by atoms with Gasteiger partial charge in [-0.25, -0.2) is 8.42 Å². The Hall–Kier alpha value is -2.14. The van der Waals surface area contributed by atoms with Gasteiger partial charge in [-0.1, -0.05) is 63.6 Å². The van der Waals surface area contributed by atoms with E-state index in [2.05, 4.69) is 50.4 Å². The van der Waals surface area contributed by atoms with Crippen LogP contribution >= 0.6 is 0 Å². The van der Waals surface area contributed by atoms with Gasteiger partial charge in [0.05, 0.1) is 11.8 Å². The first-order valence-electron chi connectivity index (χ1n) is 9.36. The van der Waals surface area contributed by atoms with Crippen molar-refractivity contribution in [3.8, 4) is 0 Å². The van der Waals surface area contributed by atoms with E-state index >= 15 is 0 Å². The molecule has 146 valence electrons. The maximum atomic E-state index is 12.8. The van der Waals surface area contributed by atoms with E-state index in [1.165, 1.54) is 11.8 Å². The number of aryl methyl sites for hydroxylation is 1. The van der Waals surface area contributed by atoms with Crippen LogP contribution in [0.1, 0.15) is 60.3 Å². The van der Waals surface area contributed by atoms with Gasteiger partial charge < -0.3 is 5.32 Å². The van der Waals surface area contributed by atoms with Gasteiger partial charge in [0.15, 0.2) is 9.84 Å². The van der Waals surface area contributed by atoms with Crippen molar-refractivity contribution in [2.75, 3.05) is 6.26 Å². The normalized spacial score (nSPS) is 12.8. The molecule has 0 heterocycles. The van der Waals surface area contributed by atoms with Crippen molar-refractivity contribution in [3.05, 3.63) is 70.8 Å². The number of hydrogen-bond acceptors (Lipinski definition) is 3. The highest BCUT2D eigenvalue weighted by Crippen LogP contribution is 2.23. The summed E-state index contributed by atoms with van der Waals surface area (Å²) in [4.78, 5) is 12.8. The number of sulfone groups is 1. The Kier molecular flexibility index (Phi) is 7.19. The van der Waals surface area contributed by atoms with Gasteiger partial charge in [-0.2, -0.15) is 0 Å². The van der Waals surface area contributed by atoms with Crippen LogP contribution in [-0.4, -0.2) is 20.6 Å². The van der Waals surface area contributed by atoms with Gasteiger partial charge in [-0.15, -0.1) is 0 Å². The highest BCUT2D eigenvalue weighted by Gasteiger charge is 2.19. The summed E-state index contributed by atoms with van der Waals surface area (Å²) in [5.41, 5.74) is 3.47. The molecule has 2 rings (SSSR count). The molecule has 5 heteroatoms. The molecule has 1 atom stereocenters. The lowest BCUT2D eigenvalue weighted by molar-refractivity contribution is 0.0925. The molecule has 0 aromatic heterocycles. The lowest BCUT2D eigenvalue weighted by Crippen LogP contribution is -2.31. The second-order valence-corrected chi connectivity index (χ2v) is 9.60. The largest absolute Gasteiger partial charge is 0.345 e. The standard InChI is InChI=1S/C22H29NO3S/c1-5-7-17-10-12-19(13-11-17)21(16(2)3)23-22(24)20-9-6-8-18(14-20)15-27(4,25)26/h6,8-14,16,21H,5,7,15H2,1-4H3,(H,23,24). The monoisotopic (exact) mass is 387 g/mol. The second kappa shape index (κ2) is 9.18. The molecular weight excluding hydrogens is 358 g/mol. The van der Waals surface area contributed by atoms with Crippen molar-refractivity contribution in [1.82, 2.24) is 5.32 Å². The summed E-state index contributed by atoms with van der Waals surface area (Å²) in [5.74, 6) is -0.0347. The van der Waals surface area contributed by atoms with Crippen LogP contribution in [0.5, 0.6) is 0 Å². The van der Waals surface area contributed by atoms with Crippen molar-refractivity contribution in [1.29, 1.82) is 0 Å². The van der Waals surface area contributed by atoms with E-state index in [0.717, 1.165) is 18.4 Å². The number of carbonyl (C=O) groups is 1. The minimum absolute atomic E-state index is 0.0688. The van der Waals surface area contributed by atoms with Gasteiger partial charge in [-0.3, -0.25) is 4.79 Å². The lowest BCUT2D eigenvalue weighted by Gasteiger charge is -2.23. The van der Waals surface area contributed by atoms with Gasteiger partial charge in [0.2, 0.25) is 0 Å². The maximum Gasteiger partial charge on any atom is 0.251 e. The van der Waals surface area contributed by atoms with Crippen LogP contribution in [0.3, 0.4) is 0 Å². The topological polar surface area (TPSA) is 63.2 Å². The van der Waals surface area contributed by atoms with Crippen LogP contribution < -0.4 is 5.32 Å². The number of benzene rings is 2. The fraction of sp³-hybridized carbons (Fsp3) is 0.409. The van der Waals surface area contributed by atoms with Gasteiger partial charge in [-0.05, 0) is 41.2 Å². The van der Waals surface area contributed by atoms with Gasteiger partial charge in [0.25, 0.3) is 5.91 Å². The van der Waals surface area contributed by atoms with Crippen molar-refractivity contribution in [3.63, 3.8) is 0 Å². The van der Waals surface area contributed by atoms with Crippen LogP contribution in [0.2, 0.25) is 0 Å². The van der Waals surface area contributed by atoms with Crippen LogP contribution in [-0.2, 0) is 22.0 Å². The predicted molar refractivity (Wildman–Crippen MR) is 110 cm³/mol. The molecule has 0 saturated heterocycles. The summed E-state index contributed by atoms with van der Waals surface area (Å²) in [6.07, 6.45) is 3.34. The minimum atomic E-state index is -3.14. The van der Waals surface area contributed by atoms with E-state index in [-0.39, 0.29) is 23.6 Å². The number of nitrogens with one attached hydrogen (secondary N) is 1. The lowest BCUT2D eigenvalue weighted by atomic mass is 9.94. The molecule has 0 aliphatic rings. The Morgan fingerprint density at radius 2 is 1.70 bits per heavy atom. The molecule has 0 aliphatic heterocycles. The summed E-state index contributed by atoms with van der Waals surface area (Å²) in [6, 6.07) is 15.1. The van der Waals surface area contributed by atoms with Crippen molar-refractivity contribution < 1.29 is 13.2 Å². The van der Waals surface area contributed by atoms with Crippen LogP contribution in [0, 0.1) is 5.92 Å². The summed E-state index contributed by atoms with van der Waals surface area (Å²) < 4.78 is 23.0. The van der Waals surface area contributed by atoms with E-state index in [0.29, 0.717) is 11.1 Å². The highest BCUT2D eigenvalue weighted by atomic mass is 32.2. The van der Waals surface area contributed by atoms with Crippen LogP contribution in [0.25, 0.3) is 0 Å². The summed E-state index contributed by atoms with van der Waals surface area (Å²) in [7, 11) is -3.14. The van der Waals surface area contributed by atoms with Gasteiger partial charge in [0.1, 0.15) is 0 Å². The number of amides is 1. The maximum absolute atomic E-state index is 12.8. The zero-order chi connectivity index (χ0) is 20.0. The molecule has 1 unspecified atom stereocenters.